The van der Waals surface area contributed by atoms with Gasteiger partial charge in [-0.2, -0.15) is 0 Å². The molecule has 1 fully saturated rings. The van der Waals surface area contributed by atoms with Crippen molar-refractivity contribution in [2.75, 3.05) is 32.1 Å². The fraction of sp³-hybridized carbons (Fsp3) is 0.438. The van der Waals surface area contributed by atoms with Gasteiger partial charge in [0.05, 0.1) is 5.69 Å². The maximum Gasteiger partial charge on any atom is 0.329 e. The van der Waals surface area contributed by atoms with Crippen molar-refractivity contribution in [2.24, 2.45) is 0 Å². The Bertz CT molecular complexity index is 683. The summed E-state index contributed by atoms with van der Waals surface area (Å²) in [5, 5.41) is 5.35. The summed E-state index contributed by atoms with van der Waals surface area (Å²) in [4.78, 5) is 38.5. The molecule has 1 aromatic rings. The number of hydrogen-bond acceptors (Lipinski definition) is 4. The van der Waals surface area contributed by atoms with Crippen LogP contribution in [0.2, 0.25) is 0 Å². The number of rotatable bonds is 7. The van der Waals surface area contributed by atoms with E-state index in [1.165, 1.54) is 4.90 Å². The van der Waals surface area contributed by atoms with Crippen molar-refractivity contribution in [3.8, 4) is 0 Å². The fourth-order valence-corrected chi connectivity index (χ4v) is 2.48. The minimum absolute atomic E-state index is 0.0661. The Hall–Kier alpha value is -2.55. The molecular formula is C16H20F2N4O3. The van der Waals surface area contributed by atoms with Gasteiger partial charge in [-0.25, -0.2) is 18.5 Å². The molecular weight excluding hydrogens is 334 g/mol. The van der Waals surface area contributed by atoms with Crippen LogP contribution in [0.3, 0.4) is 0 Å². The van der Waals surface area contributed by atoms with Crippen molar-refractivity contribution in [2.45, 2.75) is 18.9 Å². The van der Waals surface area contributed by atoms with E-state index >= 15 is 0 Å². The largest absolute Gasteiger partial charge is 0.344 e. The molecule has 0 saturated carbocycles. The molecule has 1 heterocycles. The molecule has 0 spiro atoms. The fourth-order valence-electron chi connectivity index (χ4n) is 2.48. The summed E-state index contributed by atoms with van der Waals surface area (Å²) >= 11 is 0. The maximum atomic E-state index is 13.8. The van der Waals surface area contributed by atoms with E-state index in [1.807, 2.05) is 0 Å². The van der Waals surface area contributed by atoms with Gasteiger partial charge < -0.3 is 15.5 Å². The van der Waals surface area contributed by atoms with Crippen LogP contribution in [-0.2, 0) is 9.59 Å². The van der Waals surface area contributed by atoms with Gasteiger partial charge >= 0.3 is 6.03 Å². The summed E-state index contributed by atoms with van der Waals surface area (Å²) in [6, 6.07) is 0.882. The van der Waals surface area contributed by atoms with Crippen LogP contribution in [0.15, 0.2) is 18.2 Å². The smallest absolute Gasteiger partial charge is 0.329 e. The number of carbonyl (C=O) groups is 3. The Morgan fingerprint density at radius 3 is 2.72 bits per heavy atom. The SMILES string of the molecule is CNCCN(C)C(=O)CCC1NC(=O)N(c2ccc(F)cc2F)C1=O. The zero-order valence-corrected chi connectivity index (χ0v) is 14.0. The monoisotopic (exact) mass is 354 g/mol. The second kappa shape index (κ2) is 8.02. The Morgan fingerprint density at radius 1 is 1.36 bits per heavy atom. The number of halogens is 2. The molecule has 1 unspecified atom stereocenters. The molecule has 9 heteroatoms. The van der Waals surface area contributed by atoms with Crippen molar-refractivity contribution in [1.82, 2.24) is 15.5 Å². The molecule has 7 nitrogen and oxygen atoms in total. The molecule has 1 aliphatic rings. The van der Waals surface area contributed by atoms with Crippen molar-refractivity contribution in [3.05, 3.63) is 29.8 Å². The van der Waals surface area contributed by atoms with E-state index in [0.29, 0.717) is 24.1 Å². The number of anilines is 1. The second-order valence-corrected chi connectivity index (χ2v) is 5.73. The first-order valence-electron chi connectivity index (χ1n) is 7.83. The molecule has 4 amide bonds. The third-order valence-electron chi connectivity index (χ3n) is 3.94. The van der Waals surface area contributed by atoms with Gasteiger partial charge in [0.25, 0.3) is 5.91 Å². The average molecular weight is 354 g/mol. The Balaban J connectivity index is 2.00. The van der Waals surface area contributed by atoms with Gasteiger partial charge in [-0.05, 0) is 25.6 Å². The van der Waals surface area contributed by atoms with Gasteiger partial charge in [-0.3, -0.25) is 9.59 Å². The number of amides is 4. The topological polar surface area (TPSA) is 81.8 Å². The Labute approximate surface area is 144 Å². The second-order valence-electron chi connectivity index (χ2n) is 5.73. The quantitative estimate of drug-likeness (QED) is 0.711. The van der Waals surface area contributed by atoms with E-state index in [9.17, 15) is 23.2 Å². The molecule has 1 aliphatic heterocycles. The summed E-state index contributed by atoms with van der Waals surface area (Å²) in [7, 11) is 3.42. The lowest BCUT2D eigenvalue weighted by Crippen LogP contribution is -2.35. The lowest BCUT2D eigenvalue weighted by atomic mass is 10.1. The number of nitrogens with one attached hydrogen (secondary N) is 2. The minimum atomic E-state index is -1.01. The molecule has 0 aliphatic carbocycles. The number of likely N-dealkylation sites (N-methyl/N-ethyl adjacent to an activating group) is 2. The van der Waals surface area contributed by atoms with Gasteiger partial charge in [0.2, 0.25) is 5.91 Å². The summed E-state index contributed by atoms with van der Waals surface area (Å²) in [5.74, 6) is -2.64. The maximum absolute atomic E-state index is 13.8. The number of nitrogens with zero attached hydrogens (tertiary/aromatic N) is 2. The predicted octanol–water partition coefficient (Wildman–Crippen LogP) is 0.848. The highest BCUT2D eigenvalue weighted by Gasteiger charge is 2.40. The number of urea groups is 1. The first-order valence-corrected chi connectivity index (χ1v) is 7.83. The lowest BCUT2D eigenvalue weighted by Gasteiger charge is -2.17. The van der Waals surface area contributed by atoms with Crippen LogP contribution in [0.5, 0.6) is 0 Å². The summed E-state index contributed by atoms with van der Waals surface area (Å²) < 4.78 is 26.8. The van der Waals surface area contributed by atoms with Gasteiger partial charge in [0.1, 0.15) is 17.7 Å². The van der Waals surface area contributed by atoms with Crippen LogP contribution in [0, 0.1) is 11.6 Å². The first kappa shape index (κ1) is 18.8. The number of imide groups is 1. The molecule has 0 radical (unpaired) electrons. The molecule has 1 atom stereocenters. The van der Waals surface area contributed by atoms with Crippen LogP contribution >= 0.6 is 0 Å². The summed E-state index contributed by atoms with van der Waals surface area (Å²) in [6.45, 7) is 1.16. The zero-order chi connectivity index (χ0) is 18.6. The van der Waals surface area contributed by atoms with E-state index in [4.69, 9.17) is 0 Å². The van der Waals surface area contributed by atoms with E-state index < -0.39 is 29.6 Å². The molecule has 1 aromatic carbocycles. The van der Waals surface area contributed by atoms with E-state index in [1.54, 1.807) is 14.1 Å². The van der Waals surface area contributed by atoms with Crippen LogP contribution in [0.4, 0.5) is 19.3 Å². The van der Waals surface area contributed by atoms with Crippen LogP contribution in [-0.4, -0.2) is 56.0 Å². The van der Waals surface area contributed by atoms with Crippen molar-refractivity contribution in [1.29, 1.82) is 0 Å². The number of carbonyl (C=O) groups excluding carboxylic acids is 3. The third-order valence-corrected chi connectivity index (χ3v) is 3.94. The van der Waals surface area contributed by atoms with Crippen LogP contribution in [0.25, 0.3) is 0 Å². The van der Waals surface area contributed by atoms with Crippen molar-refractivity contribution < 1.29 is 23.2 Å². The van der Waals surface area contributed by atoms with Crippen LogP contribution in [0.1, 0.15) is 12.8 Å². The van der Waals surface area contributed by atoms with Gasteiger partial charge in [0.15, 0.2) is 0 Å². The lowest BCUT2D eigenvalue weighted by molar-refractivity contribution is -0.130. The molecule has 25 heavy (non-hydrogen) atoms. The number of benzene rings is 1. The average Bonchev–Trinajstić information content (AvgIpc) is 2.84. The highest BCUT2D eigenvalue weighted by molar-refractivity contribution is 6.21. The van der Waals surface area contributed by atoms with Crippen molar-refractivity contribution >= 4 is 23.5 Å². The molecule has 2 N–H and O–H groups in total. The normalized spacial score (nSPS) is 17.0. The molecule has 0 bridgehead atoms. The Morgan fingerprint density at radius 2 is 2.08 bits per heavy atom. The number of hydrogen-bond donors (Lipinski definition) is 2. The van der Waals surface area contributed by atoms with Crippen molar-refractivity contribution in [3.63, 3.8) is 0 Å². The Kier molecular flexibility index (Phi) is 6.02. The van der Waals surface area contributed by atoms with Crippen LogP contribution < -0.4 is 15.5 Å². The summed E-state index contributed by atoms with van der Waals surface area (Å²) in [5.41, 5.74) is -0.316. The van der Waals surface area contributed by atoms with Gasteiger partial charge in [0, 0.05) is 32.6 Å². The van der Waals surface area contributed by atoms with Gasteiger partial charge in [-0.15, -0.1) is 0 Å². The van der Waals surface area contributed by atoms with E-state index in [-0.39, 0.29) is 24.4 Å². The highest BCUT2D eigenvalue weighted by atomic mass is 19.1. The molecule has 1 saturated heterocycles. The standard InChI is InChI=1S/C16H20F2N4O3/c1-19-7-8-21(2)14(23)6-4-12-15(24)22(16(25)20-12)13-5-3-10(17)9-11(13)18/h3,5,9,12,19H,4,6-8H2,1-2H3,(H,20,25). The predicted molar refractivity (Wildman–Crippen MR) is 87.0 cm³/mol. The molecule has 0 aromatic heterocycles. The first-order chi connectivity index (χ1) is 11.8. The van der Waals surface area contributed by atoms with E-state index in [2.05, 4.69) is 10.6 Å². The third kappa shape index (κ3) is 4.30. The minimum Gasteiger partial charge on any atom is -0.344 e. The highest BCUT2D eigenvalue weighted by Crippen LogP contribution is 2.25. The molecule has 136 valence electrons. The van der Waals surface area contributed by atoms with E-state index in [0.717, 1.165) is 12.1 Å². The zero-order valence-electron chi connectivity index (χ0n) is 14.0. The summed E-state index contributed by atoms with van der Waals surface area (Å²) in [6.07, 6.45) is 0.170. The molecule has 2 rings (SSSR count). The van der Waals surface area contributed by atoms with Gasteiger partial charge in [-0.1, -0.05) is 0 Å².